The summed E-state index contributed by atoms with van der Waals surface area (Å²) in [6.07, 6.45) is -0.447. The number of pyridine rings is 1. The van der Waals surface area contributed by atoms with E-state index in [1.165, 1.54) is 27.4 Å². The predicted octanol–water partition coefficient (Wildman–Crippen LogP) is 2.03. The van der Waals surface area contributed by atoms with Gasteiger partial charge >= 0.3 is 42.0 Å². The Labute approximate surface area is 673 Å². The lowest BCUT2D eigenvalue weighted by molar-refractivity contribution is -0.143. The molecule has 7 rings (SSSR count). The zero-order chi connectivity index (χ0) is 84.4. The van der Waals surface area contributed by atoms with Crippen LogP contribution in [0.4, 0.5) is 9.59 Å². The van der Waals surface area contributed by atoms with Crippen LogP contribution in [0.5, 0.6) is 23.0 Å². The number of aromatic hydroxyl groups is 1. The van der Waals surface area contributed by atoms with E-state index in [0.29, 0.717) is 103 Å². The SMILES string of the molecule is COc1cc2c(cc1O)/C(=N\NC(=O)OCCSSC[C@H](NC(=O)[C@H](CC(=O)O)NC(=O)[C@@H](N)CNC(=O)[C@H](Cc1ccccc1)NC(=O)[C@H](Cc1ccccc1)NC(=O)CCCCCCCNC(=O)CC[C@H](NC(=O)N[C@@H](CCC(=O)O)C(=O)O)C(=O)O)C(=O)O)c1c-2n(CCCN2CCOCC2)c(=O)c2cc(OC)c(OC)cc12. The van der Waals surface area contributed by atoms with E-state index in [1.54, 1.807) is 83.4 Å². The second kappa shape index (κ2) is 46.6. The molecule has 7 atom stereocenters. The number of aliphatic carboxylic acids is 5. The number of nitrogens with zero attached hydrogens (tertiary/aromatic N) is 3. The molecule has 9 amide bonds. The number of morpholine rings is 1. The third kappa shape index (κ3) is 28.4. The number of benzene rings is 4. The van der Waals surface area contributed by atoms with Gasteiger partial charge in [0.05, 0.1) is 52.0 Å². The number of carboxylic acid groups (broad SMARTS) is 5. The van der Waals surface area contributed by atoms with Crippen molar-refractivity contribution in [3.05, 3.63) is 118 Å². The number of amides is 9. The van der Waals surface area contributed by atoms with Crippen LogP contribution in [0.25, 0.3) is 22.0 Å². The molecule has 2 heterocycles. The monoisotopic (exact) mass is 1660 g/mol. The summed E-state index contributed by atoms with van der Waals surface area (Å²) in [4.78, 5) is 183. The number of hydrogen-bond donors (Lipinski definition) is 16. The van der Waals surface area contributed by atoms with Crippen LogP contribution < -0.4 is 73.5 Å². The molecule has 1 aliphatic carbocycles. The number of carbonyl (C=O) groups is 13. The standard InChI is InChI=1S/C76H97N13O25S2/c1-110-57-38-47-46(36-56(57)90)65(64-45-37-58(111-2)59(112-3)39-48(45)71(101)89(66(47)64)27-15-26-88-28-30-113-31-29-88)86-87-76(109)114-32-33-115-116-42-55(74(106)107)83-70(100)54(40-63(95)96)81-67(97)49(77)41-79-68(98)52(34-43-16-9-7-10-17-43)82-69(99)53(35-44-18-11-8-12-19-44)80-61(92)20-13-5-4-6-14-25-78-60(91)23-21-50(72(102)103)84-75(108)85-51(73(104)105)22-24-62(93)94/h7-12,16-19,36-39,49-55,90H,4-6,13-15,20-35,40-42,77H2,1-3H3,(H,78,91)(H,79,98)(H,80,92)(H,81,97)(H,82,99)(H,83,100)(H,87,109)(H,93,94)(H,95,96)(H,102,103)(H,104,105)(H,106,107)(H2,84,85,108)/b86-65+/t49-,50-,51-,52-,53-,54-,55-/m0/s1. The van der Waals surface area contributed by atoms with Crippen molar-refractivity contribution in [3.8, 4) is 34.3 Å². The van der Waals surface area contributed by atoms with E-state index in [-0.39, 0.29) is 97.2 Å². The number of nitrogens with one attached hydrogen (secondary N) is 9. The fraction of sp³-hybridized carbons (Fsp3) is 0.461. The lowest BCUT2D eigenvalue weighted by Gasteiger charge is -2.26. The molecule has 40 heteroatoms. The van der Waals surface area contributed by atoms with Crippen LogP contribution in [0.15, 0.2) is 94.8 Å². The maximum atomic E-state index is 14.6. The highest BCUT2D eigenvalue weighted by Crippen LogP contribution is 2.46. The van der Waals surface area contributed by atoms with Gasteiger partial charge in [-0.05, 0) is 67.5 Å². The number of phenols is 1. The van der Waals surface area contributed by atoms with E-state index in [9.17, 15) is 92.7 Å². The summed E-state index contributed by atoms with van der Waals surface area (Å²) in [5, 5.41) is 83.1. The van der Waals surface area contributed by atoms with E-state index in [0.717, 1.165) is 34.7 Å². The zero-order valence-electron chi connectivity index (χ0n) is 64.0. The second-order valence-electron chi connectivity index (χ2n) is 26.8. The normalized spacial score (nSPS) is 14.4. The smallest absolute Gasteiger partial charge is 0.427 e. The number of carboxylic acids is 5. The zero-order valence-corrected chi connectivity index (χ0v) is 65.6. The Morgan fingerprint density at radius 2 is 1.13 bits per heavy atom. The summed E-state index contributed by atoms with van der Waals surface area (Å²) in [5.74, 6) is -12.1. The highest BCUT2D eigenvalue weighted by molar-refractivity contribution is 8.76. The molecule has 0 radical (unpaired) electrons. The Bertz CT molecular complexity index is 4400. The minimum absolute atomic E-state index is 0.00548. The first-order valence-corrected chi connectivity index (χ1v) is 39.7. The van der Waals surface area contributed by atoms with Gasteiger partial charge in [0.15, 0.2) is 23.0 Å². The lowest BCUT2D eigenvalue weighted by atomic mass is 10.0. The molecular weight excluding hydrogens is 1560 g/mol. The maximum absolute atomic E-state index is 14.6. The third-order valence-corrected chi connectivity index (χ3v) is 20.9. The molecule has 0 bridgehead atoms. The molecule has 0 spiro atoms. The highest BCUT2D eigenvalue weighted by atomic mass is 33.1. The first-order chi connectivity index (χ1) is 55.6. The Balaban J connectivity index is 0.879. The molecule has 628 valence electrons. The van der Waals surface area contributed by atoms with E-state index in [1.807, 2.05) is 5.32 Å². The average molecular weight is 1660 g/mol. The maximum Gasteiger partial charge on any atom is 0.427 e. The van der Waals surface area contributed by atoms with Crippen molar-refractivity contribution in [3.63, 3.8) is 0 Å². The van der Waals surface area contributed by atoms with Crippen molar-refractivity contribution in [1.82, 2.24) is 57.4 Å². The van der Waals surface area contributed by atoms with Crippen LogP contribution in [-0.2, 0) is 81.6 Å². The first kappa shape index (κ1) is 91.4. The Kier molecular flexibility index (Phi) is 36.7. The number of hydrogen-bond acceptors (Lipinski definition) is 25. The third-order valence-electron chi connectivity index (χ3n) is 18.5. The van der Waals surface area contributed by atoms with Crippen molar-refractivity contribution in [2.24, 2.45) is 10.8 Å². The molecule has 0 unspecified atom stereocenters. The summed E-state index contributed by atoms with van der Waals surface area (Å²) in [7, 11) is 6.26. The van der Waals surface area contributed by atoms with Gasteiger partial charge in [0, 0.05) is 105 Å². The number of ether oxygens (including phenoxy) is 5. The van der Waals surface area contributed by atoms with Crippen molar-refractivity contribution in [2.75, 3.05) is 85.4 Å². The van der Waals surface area contributed by atoms with E-state index in [4.69, 9.17) is 34.5 Å². The molecule has 17 N–H and O–H groups in total. The molecule has 0 saturated carbocycles. The summed E-state index contributed by atoms with van der Waals surface area (Å²) in [6.45, 7) is 2.94. The number of aromatic nitrogens is 1. The number of urea groups is 1. The Hall–Kier alpha value is -11.8. The van der Waals surface area contributed by atoms with Gasteiger partial charge in [0.25, 0.3) is 5.56 Å². The van der Waals surface area contributed by atoms with Crippen LogP contribution in [-0.4, -0.2) is 251 Å². The van der Waals surface area contributed by atoms with Crippen molar-refractivity contribution in [1.29, 1.82) is 0 Å². The molecule has 1 aromatic heterocycles. The van der Waals surface area contributed by atoms with Gasteiger partial charge in [0.2, 0.25) is 35.4 Å². The number of carbonyl (C=O) groups excluding carboxylic acids is 8. The fourth-order valence-electron chi connectivity index (χ4n) is 12.5. The molecule has 116 heavy (non-hydrogen) atoms. The molecule has 1 fully saturated rings. The van der Waals surface area contributed by atoms with Gasteiger partial charge in [-0.3, -0.25) is 48.1 Å². The van der Waals surface area contributed by atoms with Crippen LogP contribution in [0.3, 0.4) is 0 Å². The van der Waals surface area contributed by atoms with E-state index in [2.05, 4.69) is 52.6 Å². The summed E-state index contributed by atoms with van der Waals surface area (Å²) < 4.78 is 29.3. The van der Waals surface area contributed by atoms with Crippen molar-refractivity contribution in [2.45, 2.75) is 139 Å². The fourth-order valence-corrected chi connectivity index (χ4v) is 14.5. The van der Waals surface area contributed by atoms with Crippen molar-refractivity contribution < 1.29 is 117 Å². The van der Waals surface area contributed by atoms with Crippen LogP contribution in [0.1, 0.15) is 99.3 Å². The van der Waals surface area contributed by atoms with E-state index >= 15 is 0 Å². The van der Waals surface area contributed by atoms with Crippen LogP contribution in [0, 0.1) is 0 Å². The number of fused-ring (bicyclic) bond motifs is 5. The number of nitrogens with two attached hydrogens (primary N) is 1. The van der Waals surface area contributed by atoms with Gasteiger partial charge in [-0.15, -0.1) is 0 Å². The Morgan fingerprint density at radius 1 is 0.560 bits per heavy atom. The molecule has 38 nitrogen and oxygen atoms in total. The van der Waals surface area contributed by atoms with Gasteiger partial charge < -0.3 is 107 Å². The van der Waals surface area contributed by atoms with Gasteiger partial charge in [-0.1, -0.05) is 102 Å². The van der Waals surface area contributed by atoms with Gasteiger partial charge in [0.1, 0.15) is 54.6 Å². The second-order valence-corrected chi connectivity index (χ2v) is 29.5. The number of unbranched alkanes of at least 4 members (excludes halogenated alkanes) is 4. The number of methoxy groups -OCH3 is 3. The average Bonchev–Trinajstić information content (AvgIpc) is 1.42. The minimum atomic E-state index is -1.88. The topological polar surface area (TPSA) is 561 Å². The van der Waals surface area contributed by atoms with Crippen molar-refractivity contribution >= 4 is 115 Å². The first-order valence-electron chi connectivity index (χ1n) is 37.2. The number of hydrazone groups is 1. The van der Waals surface area contributed by atoms with Gasteiger partial charge in [-0.2, -0.15) is 5.10 Å². The molecule has 5 aromatic rings. The molecular formula is C76H97N13O25S2. The predicted molar refractivity (Wildman–Crippen MR) is 422 cm³/mol. The quantitative estimate of drug-likeness (QED) is 0.0148. The lowest BCUT2D eigenvalue weighted by Crippen LogP contribution is -2.58. The summed E-state index contributed by atoms with van der Waals surface area (Å²) >= 11 is 0. The summed E-state index contributed by atoms with van der Waals surface area (Å²) in [6, 6.07) is 11.4. The minimum Gasteiger partial charge on any atom is -0.504 e. The molecule has 4 aromatic carbocycles. The molecule has 2 aliphatic rings. The van der Waals surface area contributed by atoms with E-state index < -0.39 is 146 Å². The molecule has 1 saturated heterocycles. The van der Waals surface area contributed by atoms with Crippen LogP contribution in [0.2, 0.25) is 0 Å². The van der Waals surface area contributed by atoms with Crippen LogP contribution >= 0.6 is 21.6 Å². The number of phenolic OH excluding ortho intramolecular Hbond substituents is 1. The summed E-state index contributed by atoms with van der Waals surface area (Å²) in [5.41, 5.74) is 11.4. The number of rotatable bonds is 49. The largest absolute Gasteiger partial charge is 0.504 e. The van der Waals surface area contributed by atoms with Gasteiger partial charge in [-0.25, -0.2) is 29.4 Å². The Morgan fingerprint density at radius 3 is 1.73 bits per heavy atom. The molecule has 1 aliphatic heterocycles. The highest BCUT2D eigenvalue weighted by Gasteiger charge is 2.37.